The van der Waals surface area contributed by atoms with E-state index in [2.05, 4.69) is 15.5 Å². The van der Waals surface area contributed by atoms with Crippen molar-refractivity contribution >= 4 is 22.4 Å². The molecule has 0 saturated carbocycles. The van der Waals surface area contributed by atoms with Gasteiger partial charge in [-0.1, -0.05) is 59.9 Å². The predicted octanol–water partition coefficient (Wildman–Crippen LogP) is 3.77. The van der Waals surface area contributed by atoms with Crippen molar-refractivity contribution in [3.8, 4) is 16.9 Å². The predicted molar refractivity (Wildman–Crippen MR) is 119 cm³/mol. The van der Waals surface area contributed by atoms with Crippen LogP contribution in [0, 0.1) is 6.92 Å². The van der Waals surface area contributed by atoms with Crippen LogP contribution in [0.15, 0.2) is 66.9 Å². The first-order valence-electron chi connectivity index (χ1n) is 9.56. The number of carbonyl (C=O) groups is 1. The summed E-state index contributed by atoms with van der Waals surface area (Å²) in [5, 5.41) is 16.8. The minimum Gasteiger partial charge on any atom is -0.299 e. The molecule has 0 radical (unpaired) electrons. The lowest BCUT2D eigenvalue weighted by atomic mass is 10.1. The maximum atomic E-state index is 12.4. The van der Waals surface area contributed by atoms with Gasteiger partial charge >= 0.3 is 0 Å². The number of hydrogen-bond donors (Lipinski definition) is 1. The highest BCUT2D eigenvalue weighted by atomic mass is 32.1. The van der Waals surface area contributed by atoms with Gasteiger partial charge in [0.05, 0.1) is 17.9 Å². The second-order valence-electron chi connectivity index (χ2n) is 7.00. The zero-order chi connectivity index (χ0) is 20.9. The standard InChI is InChI=1S/C22H22N6OS/c1-16-24-25-22(30-16)23-20(29)15-27(2)13-18-14-28(19-11-7-4-8-12-19)26-21(18)17-9-5-3-6-10-17/h3-12,14H,13,15H2,1-2H3,(H,23,25,29). The molecule has 8 heteroatoms. The number of anilines is 1. The van der Waals surface area contributed by atoms with Gasteiger partial charge in [-0.25, -0.2) is 4.68 Å². The van der Waals surface area contributed by atoms with E-state index in [1.807, 2.05) is 90.4 Å². The van der Waals surface area contributed by atoms with Gasteiger partial charge in [-0.15, -0.1) is 10.2 Å². The van der Waals surface area contributed by atoms with Crippen molar-refractivity contribution in [1.29, 1.82) is 0 Å². The Labute approximate surface area is 179 Å². The lowest BCUT2D eigenvalue weighted by molar-refractivity contribution is -0.117. The maximum Gasteiger partial charge on any atom is 0.240 e. The zero-order valence-electron chi connectivity index (χ0n) is 16.8. The second kappa shape index (κ2) is 8.98. The van der Waals surface area contributed by atoms with E-state index in [0.717, 1.165) is 27.5 Å². The molecule has 4 rings (SSSR count). The third-order valence-electron chi connectivity index (χ3n) is 4.48. The van der Waals surface area contributed by atoms with Gasteiger partial charge in [0.1, 0.15) is 5.01 Å². The van der Waals surface area contributed by atoms with Crippen molar-refractivity contribution in [1.82, 2.24) is 24.9 Å². The first-order chi connectivity index (χ1) is 14.6. The van der Waals surface area contributed by atoms with Gasteiger partial charge in [0.25, 0.3) is 0 Å². The Morgan fingerprint density at radius 3 is 2.43 bits per heavy atom. The number of aromatic nitrogens is 4. The summed E-state index contributed by atoms with van der Waals surface area (Å²) in [6.07, 6.45) is 2.03. The molecule has 4 aromatic rings. The number of nitrogens with zero attached hydrogens (tertiary/aromatic N) is 5. The van der Waals surface area contributed by atoms with Crippen LogP contribution in [0.4, 0.5) is 5.13 Å². The molecule has 2 aromatic carbocycles. The van der Waals surface area contributed by atoms with E-state index in [4.69, 9.17) is 5.10 Å². The molecule has 2 heterocycles. The summed E-state index contributed by atoms with van der Waals surface area (Å²) >= 11 is 1.36. The van der Waals surface area contributed by atoms with Crippen LogP contribution >= 0.6 is 11.3 Å². The molecule has 2 aromatic heterocycles. The Morgan fingerprint density at radius 1 is 1.07 bits per heavy atom. The molecule has 1 amide bonds. The largest absolute Gasteiger partial charge is 0.299 e. The van der Waals surface area contributed by atoms with Crippen LogP contribution in [0.25, 0.3) is 16.9 Å². The van der Waals surface area contributed by atoms with Gasteiger partial charge in [0.15, 0.2) is 0 Å². The average molecular weight is 419 g/mol. The number of rotatable bonds is 7. The molecule has 7 nitrogen and oxygen atoms in total. The molecule has 0 bridgehead atoms. The Balaban J connectivity index is 1.53. The SMILES string of the molecule is Cc1nnc(NC(=O)CN(C)Cc2cn(-c3ccccc3)nc2-c2ccccc2)s1. The minimum atomic E-state index is -0.120. The molecular formula is C22H22N6OS. The van der Waals surface area contributed by atoms with E-state index < -0.39 is 0 Å². The normalized spacial score (nSPS) is 11.0. The van der Waals surface area contributed by atoms with Gasteiger partial charge in [-0.2, -0.15) is 5.10 Å². The summed E-state index contributed by atoms with van der Waals surface area (Å²) in [4.78, 5) is 14.3. The van der Waals surface area contributed by atoms with Crippen molar-refractivity contribution in [3.05, 3.63) is 77.4 Å². The summed E-state index contributed by atoms with van der Waals surface area (Å²) in [5.74, 6) is -0.120. The van der Waals surface area contributed by atoms with E-state index in [9.17, 15) is 4.79 Å². The van der Waals surface area contributed by atoms with E-state index in [-0.39, 0.29) is 12.5 Å². The van der Waals surface area contributed by atoms with Gasteiger partial charge < -0.3 is 0 Å². The molecule has 30 heavy (non-hydrogen) atoms. The van der Waals surface area contributed by atoms with E-state index in [1.165, 1.54) is 11.3 Å². The summed E-state index contributed by atoms with van der Waals surface area (Å²) in [5.41, 5.74) is 4.00. The summed E-state index contributed by atoms with van der Waals surface area (Å²) in [6.45, 7) is 2.68. The van der Waals surface area contributed by atoms with Crippen LogP contribution in [0.5, 0.6) is 0 Å². The molecule has 0 saturated heterocycles. The van der Waals surface area contributed by atoms with Crippen LogP contribution < -0.4 is 5.32 Å². The van der Waals surface area contributed by atoms with Crippen LogP contribution in [0.1, 0.15) is 10.6 Å². The van der Waals surface area contributed by atoms with Crippen LogP contribution in [-0.4, -0.2) is 44.4 Å². The third kappa shape index (κ3) is 4.79. The Bertz CT molecular complexity index is 1120. The fourth-order valence-electron chi connectivity index (χ4n) is 3.18. The Kier molecular flexibility index (Phi) is 5.97. The van der Waals surface area contributed by atoms with Crippen molar-refractivity contribution in [2.24, 2.45) is 0 Å². The summed E-state index contributed by atoms with van der Waals surface area (Å²) in [6, 6.07) is 20.1. The smallest absolute Gasteiger partial charge is 0.240 e. The van der Waals surface area contributed by atoms with Gasteiger partial charge in [0.2, 0.25) is 11.0 Å². The topological polar surface area (TPSA) is 75.9 Å². The second-order valence-corrected chi connectivity index (χ2v) is 8.18. The Morgan fingerprint density at radius 2 is 1.77 bits per heavy atom. The molecule has 152 valence electrons. The number of benzene rings is 2. The molecule has 0 spiro atoms. The summed E-state index contributed by atoms with van der Waals surface area (Å²) < 4.78 is 1.88. The minimum absolute atomic E-state index is 0.120. The molecule has 0 aliphatic carbocycles. The molecule has 0 aliphatic rings. The first-order valence-corrected chi connectivity index (χ1v) is 10.4. The fourth-order valence-corrected chi connectivity index (χ4v) is 3.78. The number of nitrogens with one attached hydrogen (secondary N) is 1. The van der Waals surface area contributed by atoms with Gasteiger partial charge in [-0.05, 0) is 26.1 Å². The molecule has 0 aliphatic heterocycles. The zero-order valence-corrected chi connectivity index (χ0v) is 17.6. The van der Waals surface area contributed by atoms with Crippen molar-refractivity contribution in [2.75, 3.05) is 18.9 Å². The van der Waals surface area contributed by atoms with E-state index >= 15 is 0 Å². The molecule has 0 fully saturated rings. The monoisotopic (exact) mass is 418 g/mol. The van der Waals surface area contributed by atoms with Crippen molar-refractivity contribution < 1.29 is 4.79 Å². The van der Waals surface area contributed by atoms with Gasteiger partial charge in [0, 0.05) is 23.9 Å². The molecule has 1 N–H and O–H groups in total. The van der Waals surface area contributed by atoms with E-state index in [1.54, 1.807) is 0 Å². The summed E-state index contributed by atoms with van der Waals surface area (Å²) in [7, 11) is 1.92. The first kappa shape index (κ1) is 19.9. The third-order valence-corrected chi connectivity index (χ3v) is 5.24. The highest BCUT2D eigenvalue weighted by Crippen LogP contribution is 2.24. The fraction of sp³-hybridized carbons (Fsp3) is 0.182. The maximum absolute atomic E-state index is 12.4. The van der Waals surface area contributed by atoms with Gasteiger partial charge in [-0.3, -0.25) is 15.0 Å². The number of para-hydroxylation sites is 1. The number of carbonyl (C=O) groups excluding carboxylic acids is 1. The quantitative estimate of drug-likeness (QED) is 0.494. The number of aryl methyl sites for hydroxylation is 1. The van der Waals surface area contributed by atoms with Crippen LogP contribution in [-0.2, 0) is 11.3 Å². The highest BCUT2D eigenvalue weighted by Gasteiger charge is 2.16. The van der Waals surface area contributed by atoms with E-state index in [0.29, 0.717) is 11.7 Å². The Hall–Kier alpha value is -3.36. The van der Waals surface area contributed by atoms with Crippen LogP contribution in [0.3, 0.4) is 0 Å². The molecule has 0 atom stereocenters. The lowest BCUT2D eigenvalue weighted by Gasteiger charge is -2.15. The van der Waals surface area contributed by atoms with Crippen LogP contribution in [0.2, 0.25) is 0 Å². The average Bonchev–Trinajstić information content (AvgIpc) is 3.35. The lowest BCUT2D eigenvalue weighted by Crippen LogP contribution is -2.29. The number of hydrogen-bond acceptors (Lipinski definition) is 6. The van der Waals surface area contributed by atoms with Crippen molar-refractivity contribution in [2.45, 2.75) is 13.5 Å². The highest BCUT2D eigenvalue weighted by molar-refractivity contribution is 7.15. The number of likely N-dealkylation sites (N-methyl/N-ethyl adjacent to an activating group) is 1. The molecular weight excluding hydrogens is 396 g/mol. The molecule has 0 unspecified atom stereocenters. The number of amides is 1. The van der Waals surface area contributed by atoms with Crippen molar-refractivity contribution in [3.63, 3.8) is 0 Å².